The Bertz CT molecular complexity index is 456. The van der Waals surface area contributed by atoms with E-state index in [0.717, 1.165) is 6.07 Å². The average molecular weight is 360 g/mol. The molecule has 0 bridgehead atoms. The first-order valence-corrected chi connectivity index (χ1v) is 5.32. The summed E-state index contributed by atoms with van der Waals surface area (Å²) >= 11 is 1.73. The molecule has 0 radical (unpaired) electrons. The van der Waals surface area contributed by atoms with Crippen LogP contribution in [-0.4, -0.2) is 11.3 Å². The summed E-state index contributed by atoms with van der Waals surface area (Å²) in [5, 5.41) is 8.50. The fraction of sp³-hybridized carbons (Fsp3) is 0.333. The van der Waals surface area contributed by atoms with Gasteiger partial charge in [0, 0.05) is 9.64 Å². The molecule has 0 amide bonds. The Morgan fingerprint density at radius 3 is 2.59 bits per heavy atom. The zero-order chi connectivity index (χ0) is 13.1. The van der Waals surface area contributed by atoms with E-state index in [2.05, 4.69) is 9.72 Å². The predicted molar refractivity (Wildman–Crippen MR) is 57.8 cm³/mol. The summed E-state index contributed by atoms with van der Waals surface area (Å²) in [4.78, 5) is 3.38. The minimum atomic E-state index is -4.89. The zero-order valence-electron chi connectivity index (χ0n) is 8.18. The van der Waals surface area contributed by atoms with Crippen molar-refractivity contribution in [1.82, 2.24) is 4.98 Å². The molecular weight excluding hydrogens is 355 g/mol. The number of nitrogens with zero attached hydrogens (tertiary/aromatic N) is 2. The van der Waals surface area contributed by atoms with E-state index >= 15 is 0 Å². The van der Waals surface area contributed by atoms with E-state index in [-0.39, 0.29) is 17.7 Å². The molecule has 0 fully saturated rings. The third-order valence-corrected chi connectivity index (χ3v) is 3.01. The average Bonchev–Trinajstić information content (AvgIpc) is 2.20. The van der Waals surface area contributed by atoms with Crippen LogP contribution in [0, 0.1) is 14.9 Å². The fourth-order valence-electron chi connectivity index (χ4n) is 1.09. The number of rotatable bonds is 3. The highest BCUT2D eigenvalue weighted by Gasteiger charge is 2.32. The van der Waals surface area contributed by atoms with Crippen molar-refractivity contribution in [2.45, 2.75) is 19.5 Å². The van der Waals surface area contributed by atoms with Crippen molar-refractivity contribution < 1.29 is 22.3 Å². The second kappa shape index (κ2) is 5.48. The molecule has 0 aliphatic carbocycles. The van der Waals surface area contributed by atoms with Crippen molar-refractivity contribution in [3.63, 3.8) is 0 Å². The normalized spacial score (nSPS) is 11.1. The molecule has 8 heteroatoms. The molecule has 0 aromatic carbocycles. The van der Waals surface area contributed by atoms with Gasteiger partial charge in [-0.15, -0.1) is 13.2 Å². The van der Waals surface area contributed by atoms with E-state index in [0.29, 0.717) is 3.57 Å². The van der Waals surface area contributed by atoms with E-state index < -0.39 is 18.9 Å². The van der Waals surface area contributed by atoms with Gasteiger partial charge in [0.25, 0.3) is 0 Å². The molecule has 92 valence electrons. The van der Waals surface area contributed by atoms with Gasteiger partial charge in [-0.3, -0.25) is 0 Å². The zero-order valence-corrected chi connectivity index (χ0v) is 10.3. The second-order valence-corrected chi connectivity index (χ2v) is 3.98. The van der Waals surface area contributed by atoms with Crippen molar-refractivity contribution in [2.24, 2.45) is 0 Å². The van der Waals surface area contributed by atoms with Gasteiger partial charge >= 0.3 is 6.36 Å². The summed E-state index contributed by atoms with van der Waals surface area (Å²) in [5.41, 5.74) is 0.0904. The standard InChI is InChI=1S/C9H5F4IN2O/c10-4-6-8(14)5(1-2-15)3-7(16-6)17-9(11,12)13/h3H,1,4H2. The van der Waals surface area contributed by atoms with E-state index in [9.17, 15) is 17.6 Å². The highest BCUT2D eigenvalue weighted by atomic mass is 127. The smallest absolute Gasteiger partial charge is 0.388 e. The molecule has 1 heterocycles. The molecule has 0 spiro atoms. The number of pyridine rings is 1. The van der Waals surface area contributed by atoms with Gasteiger partial charge in [-0.05, 0) is 28.2 Å². The van der Waals surface area contributed by atoms with E-state index in [1.165, 1.54) is 0 Å². The third kappa shape index (κ3) is 3.99. The molecule has 0 aliphatic heterocycles. The van der Waals surface area contributed by atoms with E-state index in [1.807, 2.05) is 0 Å². The Morgan fingerprint density at radius 1 is 1.47 bits per heavy atom. The number of aromatic nitrogens is 1. The maximum absolute atomic E-state index is 12.5. The molecule has 1 rings (SSSR count). The molecule has 17 heavy (non-hydrogen) atoms. The van der Waals surface area contributed by atoms with Crippen molar-refractivity contribution in [2.75, 3.05) is 0 Å². The van der Waals surface area contributed by atoms with Gasteiger partial charge in [-0.25, -0.2) is 9.37 Å². The summed E-state index contributed by atoms with van der Waals surface area (Å²) in [5.74, 6) is -0.754. The van der Waals surface area contributed by atoms with Gasteiger partial charge in [0.15, 0.2) is 0 Å². The first-order valence-electron chi connectivity index (χ1n) is 4.24. The van der Waals surface area contributed by atoms with Crippen LogP contribution in [0.4, 0.5) is 17.6 Å². The van der Waals surface area contributed by atoms with Crippen LogP contribution in [0.1, 0.15) is 11.3 Å². The molecule has 0 N–H and O–H groups in total. The lowest BCUT2D eigenvalue weighted by atomic mass is 10.2. The summed E-state index contributed by atoms with van der Waals surface area (Å²) < 4.78 is 52.4. The number of nitriles is 1. The van der Waals surface area contributed by atoms with Gasteiger partial charge in [0.1, 0.15) is 6.67 Å². The fourth-order valence-corrected chi connectivity index (χ4v) is 1.70. The lowest BCUT2D eigenvalue weighted by Gasteiger charge is -2.11. The number of ether oxygens (including phenoxy) is 1. The maximum Gasteiger partial charge on any atom is 0.574 e. The monoisotopic (exact) mass is 360 g/mol. The highest BCUT2D eigenvalue weighted by molar-refractivity contribution is 14.1. The van der Waals surface area contributed by atoms with Gasteiger partial charge < -0.3 is 4.74 Å². The van der Waals surface area contributed by atoms with Gasteiger partial charge in [-0.2, -0.15) is 5.26 Å². The second-order valence-electron chi connectivity index (χ2n) is 2.90. The topological polar surface area (TPSA) is 45.9 Å². The third-order valence-electron chi connectivity index (χ3n) is 1.69. The van der Waals surface area contributed by atoms with Crippen LogP contribution in [0.2, 0.25) is 0 Å². The first kappa shape index (κ1) is 14.0. The van der Waals surface area contributed by atoms with E-state index in [4.69, 9.17) is 5.26 Å². The summed E-state index contributed by atoms with van der Waals surface area (Å²) in [6.45, 7) is -1.02. The Morgan fingerprint density at radius 2 is 2.12 bits per heavy atom. The number of hydrogen-bond acceptors (Lipinski definition) is 3. The summed E-state index contributed by atoms with van der Waals surface area (Å²) in [6, 6.07) is 2.76. The Labute approximate surface area is 108 Å². The van der Waals surface area contributed by atoms with Crippen molar-refractivity contribution in [3.8, 4) is 11.9 Å². The first-order chi connectivity index (χ1) is 7.87. The van der Waals surface area contributed by atoms with Gasteiger partial charge in [0.2, 0.25) is 5.88 Å². The molecule has 0 atom stereocenters. The molecule has 0 saturated heterocycles. The predicted octanol–water partition coefficient (Wildman–Crippen LogP) is 3.12. The van der Waals surface area contributed by atoms with Crippen LogP contribution < -0.4 is 4.74 Å². The lowest BCUT2D eigenvalue weighted by Crippen LogP contribution is -2.18. The van der Waals surface area contributed by atoms with Crippen LogP contribution in [-0.2, 0) is 13.1 Å². The highest BCUT2D eigenvalue weighted by Crippen LogP contribution is 2.26. The SMILES string of the molecule is N#CCc1cc(OC(F)(F)F)nc(CF)c1I. The van der Waals surface area contributed by atoms with Crippen LogP contribution in [0.25, 0.3) is 0 Å². The quantitative estimate of drug-likeness (QED) is 0.615. The molecule has 1 aromatic rings. The summed E-state index contributed by atoms with van der Waals surface area (Å²) in [6.07, 6.45) is -5.03. The van der Waals surface area contributed by atoms with Crippen molar-refractivity contribution >= 4 is 22.6 Å². The van der Waals surface area contributed by atoms with E-state index in [1.54, 1.807) is 28.7 Å². The molecule has 0 unspecified atom stereocenters. The Hall–Kier alpha value is -1.11. The van der Waals surface area contributed by atoms with Gasteiger partial charge in [-0.1, -0.05) is 0 Å². The Kier molecular flexibility index (Phi) is 4.50. The maximum atomic E-state index is 12.5. The van der Waals surface area contributed by atoms with Crippen molar-refractivity contribution in [1.29, 1.82) is 5.26 Å². The van der Waals surface area contributed by atoms with Crippen LogP contribution in [0.5, 0.6) is 5.88 Å². The molecule has 1 aromatic heterocycles. The summed E-state index contributed by atoms with van der Waals surface area (Å²) in [7, 11) is 0. The number of alkyl halides is 4. The lowest BCUT2D eigenvalue weighted by molar-refractivity contribution is -0.276. The largest absolute Gasteiger partial charge is 0.574 e. The Balaban J connectivity index is 3.16. The minimum Gasteiger partial charge on any atom is -0.388 e. The number of hydrogen-bond donors (Lipinski definition) is 0. The molecular formula is C9H5F4IN2O. The van der Waals surface area contributed by atoms with Crippen molar-refractivity contribution in [3.05, 3.63) is 20.9 Å². The van der Waals surface area contributed by atoms with Crippen LogP contribution in [0.3, 0.4) is 0 Å². The number of halogens is 5. The van der Waals surface area contributed by atoms with Crippen LogP contribution in [0.15, 0.2) is 6.07 Å². The molecule has 0 aliphatic rings. The minimum absolute atomic E-state index is 0.137. The molecule has 3 nitrogen and oxygen atoms in total. The van der Waals surface area contributed by atoms with Crippen LogP contribution >= 0.6 is 22.6 Å². The molecule has 0 saturated carbocycles. The van der Waals surface area contributed by atoms with Gasteiger partial charge in [0.05, 0.1) is 18.2 Å².